The average molecular weight is 291 g/mol. The van der Waals surface area contributed by atoms with E-state index in [9.17, 15) is 9.90 Å². The maximum absolute atomic E-state index is 12.6. The first-order chi connectivity index (χ1) is 10.2. The molecule has 2 aromatic rings. The lowest BCUT2D eigenvalue weighted by molar-refractivity contribution is -0.0196. The standard InChI is InChI=1S/C15H17NO5/c1-19-12-4-2-3-10-7-13(21-14(10)12)15(18)16-5-6-20-9-11(16)8-17/h2-4,7,11,17H,5-6,8-9H2,1H3. The number of furan rings is 1. The van der Waals surface area contributed by atoms with Crippen LogP contribution in [0, 0.1) is 0 Å². The van der Waals surface area contributed by atoms with E-state index in [2.05, 4.69) is 0 Å². The molecular formula is C15H17NO5. The van der Waals surface area contributed by atoms with Crippen molar-refractivity contribution in [1.82, 2.24) is 4.90 Å². The van der Waals surface area contributed by atoms with Crippen molar-refractivity contribution < 1.29 is 23.8 Å². The predicted octanol–water partition coefficient (Wildman–Crippen LogP) is 1.27. The number of carbonyl (C=O) groups excluding carboxylic acids is 1. The van der Waals surface area contributed by atoms with Crippen LogP contribution >= 0.6 is 0 Å². The Hall–Kier alpha value is -2.05. The molecular weight excluding hydrogens is 274 g/mol. The molecule has 1 aromatic heterocycles. The number of rotatable bonds is 3. The van der Waals surface area contributed by atoms with Crippen LogP contribution < -0.4 is 4.74 Å². The number of amides is 1. The molecule has 6 heteroatoms. The molecule has 1 aromatic carbocycles. The molecule has 1 amide bonds. The molecule has 1 saturated heterocycles. The summed E-state index contributed by atoms with van der Waals surface area (Å²) in [5, 5.41) is 10.2. The highest BCUT2D eigenvalue weighted by Crippen LogP contribution is 2.29. The third-order valence-corrected chi connectivity index (χ3v) is 3.64. The Kier molecular flexibility index (Phi) is 3.81. The molecule has 112 valence electrons. The zero-order valence-corrected chi connectivity index (χ0v) is 11.7. The number of benzene rings is 1. The van der Waals surface area contributed by atoms with Crippen molar-refractivity contribution in [3.63, 3.8) is 0 Å². The molecule has 1 aliphatic heterocycles. The Morgan fingerprint density at radius 3 is 3.14 bits per heavy atom. The summed E-state index contributed by atoms with van der Waals surface area (Å²) in [6, 6.07) is 6.86. The molecule has 0 radical (unpaired) electrons. The van der Waals surface area contributed by atoms with Gasteiger partial charge < -0.3 is 23.9 Å². The van der Waals surface area contributed by atoms with E-state index in [4.69, 9.17) is 13.9 Å². The molecule has 6 nitrogen and oxygen atoms in total. The molecule has 0 spiro atoms. The highest BCUT2D eigenvalue weighted by molar-refractivity contribution is 5.97. The highest BCUT2D eigenvalue weighted by atomic mass is 16.5. The summed E-state index contributed by atoms with van der Waals surface area (Å²) in [5.74, 6) is 0.595. The summed E-state index contributed by atoms with van der Waals surface area (Å²) in [7, 11) is 1.56. The molecule has 0 aliphatic carbocycles. The van der Waals surface area contributed by atoms with Crippen molar-refractivity contribution in [2.75, 3.05) is 33.5 Å². The largest absolute Gasteiger partial charge is 0.493 e. The molecule has 0 bridgehead atoms. The number of para-hydroxylation sites is 1. The van der Waals surface area contributed by atoms with Gasteiger partial charge in [0.1, 0.15) is 0 Å². The smallest absolute Gasteiger partial charge is 0.290 e. The first kappa shape index (κ1) is 13.9. The van der Waals surface area contributed by atoms with E-state index in [-0.39, 0.29) is 24.3 Å². The number of methoxy groups -OCH3 is 1. The van der Waals surface area contributed by atoms with Crippen molar-refractivity contribution in [2.45, 2.75) is 6.04 Å². The van der Waals surface area contributed by atoms with Gasteiger partial charge in [-0.15, -0.1) is 0 Å². The van der Waals surface area contributed by atoms with Gasteiger partial charge in [-0.1, -0.05) is 12.1 Å². The minimum Gasteiger partial charge on any atom is -0.493 e. The van der Waals surface area contributed by atoms with Gasteiger partial charge in [0.15, 0.2) is 17.1 Å². The van der Waals surface area contributed by atoms with Gasteiger partial charge in [0.2, 0.25) is 0 Å². The van der Waals surface area contributed by atoms with Crippen molar-refractivity contribution in [3.05, 3.63) is 30.0 Å². The minimum absolute atomic E-state index is 0.130. The summed E-state index contributed by atoms with van der Waals surface area (Å²) in [6.07, 6.45) is 0. The molecule has 1 aliphatic rings. The van der Waals surface area contributed by atoms with Crippen LogP contribution in [-0.4, -0.2) is 55.4 Å². The average Bonchev–Trinajstić information content (AvgIpc) is 2.98. The fraction of sp³-hybridized carbons (Fsp3) is 0.400. The summed E-state index contributed by atoms with van der Waals surface area (Å²) >= 11 is 0. The quantitative estimate of drug-likeness (QED) is 0.922. The topological polar surface area (TPSA) is 72.1 Å². The second-order valence-corrected chi connectivity index (χ2v) is 4.90. The van der Waals surface area contributed by atoms with Gasteiger partial charge in [0, 0.05) is 11.9 Å². The van der Waals surface area contributed by atoms with E-state index in [0.29, 0.717) is 31.1 Å². The van der Waals surface area contributed by atoms with Crippen LogP contribution in [0.3, 0.4) is 0 Å². The zero-order valence-electron chi connectivity index (χ0n) is 11.7. The lowest BCUT2D eigenvalue weighted by Crippen LogP contribution is -2.50. The van der Waals surface area contributed by atoms with Crippen LogP contribution in [0.25, 0.3) is 11.0 Å². The number of hydrogen-bond acceptors (Lipinski definition) is 5. The minimum atomic E-state index is -0.332. The number of carbonyl (C=O) groups is 1. The van der Waals surface area contributed by atoms with Gasteiger partial charge >= 0.3 is 0 Å². The van der Waals surface area contributed by atoms with Gasteiger partial charge in [-0.2, -0.15) is 0 Å². The van der Waals surface area contributed by atoms with Crippen LogP contribution in [0.5, 0.6) is 5.75 Å². The third kappa shape index (κ3) is 2.48. The highest BCUT2D eigenvalue weighted by Gasteiger charge is 2.29. The third-order valence-electron chi connectivity index (χ3n) is 3.64. The summed E-state index contributed by atoms with van der Waals surface area (Å²) in [5.41, 5.74) is 0.553. The van der Waals surface area contributed by atoms with Crippen molar-refractivity contribution in [1.29, 1.82) is 0 Å². The lowest BCUT2D eigenvalue weighted by Gasteiger charge is -2.33. The second-order valence-electron chi connectivity index (χ2n) is 4.90. The first-order valence-corrected chi connectivity index (χ1v) is 6.80. The van der Waals surface area contributed by atoms with Crippen molar-refractivity contribution in [3.8, 4) is 5.75 Å². The van der Waals surface area contributed by atoms with E-state index >= 15 is 0 Å². The zero-order chi connectivity index (χ0) is 14.8. The maximum atomic E-state index is 12.6. The van der Waals surface area contributed by atoms with Gasteiger partial charge in [-0.05, 0) is 12.1 Å². The molecule has 1 N–H and O–H groups in total. The Morgan fingerprint density at radius 2 is 2.38 bits per heavy atom. The summed E-state index contributed by atoms with van der Waals surface area (Å²) in [6.45, 7) is 1.12. The van der Waals surface area contributed by atoms with Crippen LogP contribution in [-0.2, 0) is 4.74 Å². The SMILES string of the molecule is COc1cccc2cc(C(=O)N3CCOCC3CO)oc12. The van der Waals surface area contributed by atoms with Gasteiger partial charge in [-0.3, -0.25) is 4.79 Å². The van der Waals surface area contributed by atoms with E-state index < -0.39 is 0 Å². The number of fused-ring (bicyclic) bond motifs is 1. The number of ether oxygens (including phenoxy) is 2. The Bertz CT molecular complexity index is 651. The van der Waals surface area contributed by atoms with Crippen molar-refractivity contribution >= 4 is 16.9 Å². The number of aliphatic hydroxyl groups is 1. The summed E-state index contributed by atoms with van der Waals surface area (Å²) < 4.78 is 16.2. The van der Waals surface area contributed by atoms with Gasteiger partial charge in [-0.25, -0.2) is 0 Å². The fourth-order valence-electron chi connectivity index (χ4n) is 2.52. The monoisotopic (exact) mass is 291 g/mol. The van der Waals surface area contributed by atoms with Crippen LogP contribution in [0.2, 0.25) is 0 Å². The van der Waals surface area contributed by atoms with Crippen LogP contribution in [0.4, 0.5) is 0 Å². The van der Waals surface area contributed by atoms with Crippen LogP contribution in [0.15, 0.2) is 28.7 Å². The Labute approximate surface area is 121 Å². The number of morpholine rings is 1. The summed E-state index contributed by atoms with van der Waals surface area (Å²) in [4.78, 5) is 14.2. The van der Waals surface area contributed by atoms with Gasteiger partial charge in [0.25, 0.3) is 5.91 Å². The molecule has 1 fully saturated rings. The van der Waals surface area contributed by atoms with E-state index in [0.717, 1.165) is 5.39 Å². The molecule has 3 rings (SSSR count). The van der Waals surface area contributed by atoms with E-state index in [1.54, 1.807) is 24.1 Å². The molecule has 1 atom stereocenters. The van der Waals surface area contributed by atoms with E-state index in [1.807, 2.05) is 12.1 Å². The Morgan fingerprint density at radius 1 is 1.52 bits per heavy atom. The predicted molar refractivity (Wildman–Crippen MR) is 75.5 cm³/mol. The van der Waals surface area contributed by atoms with Gasteiger partial charge in [0.05, 0.1) is 33.0 Å². The fourth-order valence-corrected chi connectivity index (χ4v) is 2.52. The van der Waals surface area contributed by atoms with Crippen molar-refractivity contribution in [2.24, 2.45) is 0 Å². The van der Waals surface area contributed by atoms with Crippen LogP contribution in [0.1, 0.15) is 10.6 Å². The molecule has 2 heterocycles. The lowest BCUT2D eigenvalue weighted by atomic mass is 10.2. The molecule has 21 heavy (non-hydrogen) atoms. The van der Waals surface area contributed by atoms with E-state index in [1.165, 1.54) is 0 Å². The number of nitrogens with zero attached hydrogens (tertiary/aromatic N) is 1. The normalized spacial score (nSPS) is 19.0. The Balaban J connectivity index is 1.94. The second kappa shape index (κ2) is 5.75. The molecule has 0 saturated carbocycles. The first-order valence-electron chi connectivity index (χ1n) is 6.80. The number of hydrogen-bond donors (Lipinski definition) is 1. The number of aliphatic hydroxyl groups excluding tert-OH is 1. The molecule has 1 unspecified atom stereocenters. The maximum Gasteiger partial charge on any atom is 0.290 e.